The topological polar surface area (TPSA) is 49.4 Å². The smallest absolute Gasteiger partial charge is 0.242 e. The highest BCUT2D eigenvalue weighted by Gasteiger charge is 2.28. The van der Waals surface area contributed by atoms with Crippen molar-refractivity contribution in [2.45, 2.75) is 57.0 Å². The van der Waals surface area contributed by atoms with Gasteiger partial charge in [0.2, 0.25) is 11.8 Å². The van der Waals surface area contributed by atoms with Crippen molar-refractivity contribution in [3.05, 3.63) is 69.5 Å². The van der Waals surface area contributed by atoms with Crippen molar-refractivity contribution in [2.75, 3.05) is 5.75 Å². The monoisotopic (exact) mass is 496 g/mol. The van der Waals surface area contributed by atoms with Crippen LogP contribution in [0.1, 0.15) is 43.7 Å². The van der Waals surface area contributed by atoms with Gasteiger partial charge in [0.15, 0.2) is 0 Å². The molecule has 4 nitrogen and oxygen atoms in total. The number of hydrogen-bond acceptors (Lipinski definition) is 3. The number of nitrogens with zero attached hydrogens (tertiary/aromatic N) is 1. The van der Waals surface area contributed by atoms with E-state index in [2.05, 4.69) is 5.32 Å². The van der Waals surface area contributed by atoms with E-state index in [1.807, 2.05) is 6.07 Å². The van der Waals surface area contributed by atoms with Crippen molar-refractivity contribution in [1.29, 1.82) is 0 Å². The van der Waals surface area contributed by atoms with Gasteiger partial charge in [0.25, 0.3) is 0 Å². The average molecular weight is 497 g/mol. The highest BCUT2D eigenvalue weighted by atomic mass is 35.5. The molecule has 32 heavy (non-hydrogen) atoms. The Morgan fingerprint density at radius 3 is 2.41 bits per heavy atom. The molecule has 172 valence electrons. The number of hydrogen-bond donors (Lipinski definition) is 1. The van der Waals surface area contributed by atoms with Crippen molar-refractivity contribution in [1.82, 2.24) is 10.2 Å². The molecule has 2 amide bonds. The van der Waals surface area contributed by atoms with Gasteiger partial charge >= 0.3 is 0 Å². The minimum absolute atomic E-state index is 0.145. The zero-order valence-electron chi connectivity index (χ0n) is 18.0. The van der Waals surface area contributed by atoms with Crippen molar-refractivity contribution >= 4 is 46.8 Å². The highest BCUT2D eigenvalue weighted by molar-refractivity contribution is 7.99. The van der Waals surface area contributed by atoms with Crippen LogP contribution in [0, 0.1) is 5.82 Å². The van der Waals surface area contributed by atoms with Gasteiger partial charge in [0, 0.05) is 18.3 Å². The molecule has 0 aromatic heterocycles. The molecule has 0 aliphatic heterocycles. The Balaban J connectivity index is 1.65. The number of benzene rings is 2. The van der Waals surface area contributed by atoms with Gasteiger partial charge in [-0.2, -0.15) is 0 Å². The van der Waals surface area contributed by atoms with E-state index in [0.29, 0.717) is 15.8 Å². The molecule has 1 aliphatic rings. The first kappa shape index (κ1) is 24.9. The summed E-state index contributed by atoms with van der Waals surface area (Å²) < 4.78 is 13.3. The molecular formula is C24H27Cl2FN2O2S. The first-order valence-corrected chi connectivity index (χ1v) is 12.6. The zero-order valence-corrected chi connectivity index (χ0v) is 20.3. The van der Waals surface area contributed by atoms with Crippen molar-refractivity contribution in [3.63, 3.8) is 0 Å². The molecule has 1 unspecified atom stereocenters. The number of rotatable bonds is 9. The van der Waals surface area contributed by atoms with Crippen molar-refractivity contribution in [3.8, 4) is 0 Å². The van der Waals surface area contributed by atoms with Gasteiger partial charge in [-0.25, -0.2) is 4.39 Å². The molecule has 8 heteroatoms. The average Bonchev–Trinajstić information content (AvgIpc) is 3.28. The highest BCUT2D eigenvalue weighted by Crippen LogP contribution is 2.25. The summed E-state index contributed by atoms with van der Waals surface area (Å²) in [5.74, 6) is 0.171. The van der Waals surface area contributed by atoms with Crippen LogP contribution in [0.4, 0.5) is 4.39 Å². The van der Waals surface area contributed by atoms with Crippen molar-refractivity contribution in [2.24, 2.45) is 0 Å². The Labute approximate surface area is 202 Å². The quantitative estimate of drug-likeness (QED) is 0.474. The van der Waals surface area contributed by atoms with E-state index >= 15 is 0 Å². The molecular weight excluding hydrogens is 470 g/mol. The van der Waals surface area contributed by atoms with Crippen LogP contribution in [0.25, 0.3) is 0 Å². The first-order chi connectivity index (χ1) is 15.3. The molecule has 1 atom stereocenters. The number of nitrogens with one attached hydrogen (secondary N) is 1. The summed E-state index contributed by atoms with van der Waals surface area (Å²) in [7, 11) is 0. The molecule has 0 saturated heterocycles. The summed E-state index contributed by atoms with van der Waals surface area (Å²) in [6.45, 7) is 1.99. The minimum Gasteiger partial charge on any atom is -0.352 e. The zero-order chi connectivity index (χ0) is 23.1. The maximum atomic E-state index is 13.3. The van der Waals surface area contributed by atoms with Crippen LogP contribution in [-0.4, -0.2) is 34.6 Å². The summed E-state index contributed by atoms with van der Waals surface area (Å²) >= 11 is 13.5. The number of carbonyl (C=O) groups excluding carboxylic acids is 2. The fraction of sp³-hybridized carbons (Fsp3) is 0.417. The van der Waals surface area contributed by atoms with Gasteiger partial charge in [-0.1, -0.05) is 54.2 Å². The van der Waals surface area contributed by atoms with Crippen LogP contribution < -0.4 is 5.32 Å². The Morgan fingerprint density at radius 1 is 1.09 bits per heavy atom. The van der Waals surface area contributed by atoms with Gasteiger partial charge in [0.05, 0.1) is 15.8 Å². The largest absolute Gasteiger partial charge is 0.352 e. The molecule has 0 heterocycles. The standard InChI is InChI=1S/C24H27Cl2FN2O2S/c1-16(24(31)28-20-4-2-3-5-20)29(13-17-6-9-19(27)10-7-17)23(30)15-32-14-18-8-11-21(25)22(26)12-18/h6-12,16,20H,2-5,13-15H2,1H3,(H,28,31). The van der Waals surface area contributed by atoms with E-state index in [4.69, 9.17) is 23.2 Å². The van der Waals surface area contributed by atoms with E-state index in [1.54, 1.807) is 36.1 Å². The molecule has 1 aliphatic carbocycles. The van der Waals surface area contributed by atoms with E-state index in [9.17, 15) is 14.0 Å². The number of halogens is 3. The fourth-order valence-electron chi connectivity index (χ4n) is 3.73. The normalized spacial score (nSPS) is 14.9. The fourth-order valence-corrected chi connectivity index (χ4v) is 4.91. The lowest BCUT2D eigenvalue weighted by Gasteiger charge is -2.29. The van der Waals surface area contributed by atoms with Crippen LogP contribution in [-0.2, 0) is 21.9 Å². The molecule has 2 aromatic carbocycles. The molecule has 0 spiro atoms. The molecule has 1 N–H and O–H groups in total. The lowest BCUT2D eigenvalue weighted by molar-refractivity contribution is -0.138. The van der Waals surface area contributed by atoms with E-state index < -0.39 is 6.04 Å². The van der Waals surface area contributed by atoms with Gasteiger partial charge in [0.1, 0.15) is 11.9 Å². The van der Waals surface area contributed by atoms with E-state index in [-0.39, 0.29) is 36.0 Å². The second-order valence-corrected chi connectivity index (χ2v) is 9.86. The summed E-state index contributed by atoms with van der Waals surface area (Å²) in [5, 5.41) is 4.04. The van der Waals surface area contributed by atoms with Gasteiger partial charge in [-0.3, -0.25) is 9.59 Å². The summed E-state index contributed by atoms with van der Waals surface area (Å²) in [6.07, 6.45) is 4.18. The van der Waals surface area contributed by atoms with Crippen LogP contribution >= 0.6 is 35.0 Å². The predicted molar refractivity (Wildman–Crippen MR) is 129 cm³/mol. The molecule has 0 radical (unpaired) electrons. The number of thioether (sulfide) groups is 1. The summed E-state index contributed by atoms with van der Waals surface area (Å²) in [5.41, 5.74) is 1.74. The minimum atomic E-state index is -0.626. The maximum absolute atomic E-state index is 13.3. The SMILES string of the molecule is CC(C(=O)NC1CCCC1)N(Cc1ccc(F)cc1)C(=O)CSCc1ccc(Cl)c(Cl)c1. The predicted octanol–water partition coefficient (Wildman–Crippen LogP) is 5.84. The Bertz CT molecular complexity index is 936. The van der Waals surface area contributed by atoms with Crippen LogP contribution in [0.2, 0.25) is 10.0 Å². The maximum Gasteiger partial charge on any atom is 0.242 e. The van der Waals surface area contributed by atoms with Crippen LogP contribution in [0.5, 0.6) is 0 Å². The van der Waals surface area contributed by atoms with Crippen LogP contribution in [0.3, 0.4) is 0 Å². The van der Waals surface area contributed by atoms with Crippen molar-refractivity contribution < 1.29 is 14.0 Å². The first-order valence-electron chi connectivity index (χ1n) is 10.7. The third kappa shape index (κ3) is 7.12. The summed E-state index contributed by atoms with van der Waals surface area (Å²) in [4.78, 5) is 27.5. The van der Waals surface area contributed by atoms with Gasteiger partial charge in [-0.05, 0) is 55.2 Å². The number of carbonyl (C=O) groups is 2. The van der Waals surface area contributed by atoms with Gasteiger partial charge in [-0.15, -0.1) is 11.8 Å². The van der Waals surface area contributed by atoms with Crippen LogP contribution in [0.15, 0.2) is 42.5 Å². The third-order valence-electron chi connectivity index (χ3n) is 5.61. The molecule has 3 rings (SSSR count). The van der Waals surface area contributed by atoms with E-state index in [0.717, 1.165) is 36.8 Å². The molecule has 0 bridgehead atoms. The molecule has 2 aromatic rings. The Morgan fingerprint density at radius 2 is 1.75 bits per heavy atom. The number of amides is 2. The second kappa shape index (κ2) is 11.9. The third-order valence-corrected chi connectivity index (χ3v) is 7.34. The van der Waals surface area contributed by atoms with Gasteiger partial charge < -0.3 is 10.2 Å². The Kier molecular flexibility index (Phi) is 9.26. The summed E-state index contributed by atoms with van der Waals surface area (Å²) in [6, 6.07) is 10.9. The lowest BCUT2D eigenvalue weighted by atomic mass is 10.1. The Hall–Kier alpha value is -1.76. The second-order valence-electron chi connectivity index (χ2n) is 8.06. The van der Waals surface area contributed by atoms with E-state index in [1.165, 1.54) is 23.9 Å². The molecule has 1 saturated carbocycles. The molecule has 1 fully saturated rings. The lowest BCUT2D eigenvalue weighted by Crippen LogP contribution is -2.50.